The lowest BCUT2D eigenvalue weighted by Gasteiger charge is -2.23. The van der Waals surface area contributed by atoms with E-state index in [0.29, 0.717) is 23.4 Å². The van der Waals surface area contributed by atoms with E-state index in [2.05, 4.69) is 25.9 Å². The van der Waals surface area contributed by atoms with Crippen molar-refractivity contribution < 1.29 is 9.53 Å². The van der Waals surface area contributed by atoms with Crippen molar-refractivity contribution in [3.63, 3.8) is 0 Å². The van der Waals surface area contributed by atoms with Crippen LogP contribution in [0.1, 0.15) is 12.5 Å². The Labute approximate surface area is 130 Å². The lowest BCUT2D eigenvalue weighted by Crippen LogP contribution is -2.41. The van der Waals surface area contributed by atoms with Crippen molar-refractivity contribution in [2.24, 2.45) is 5.92 Å². The molecule has 5 heteroatoms. The summed E-state index contributed by atoms with van der Waals surface area (Å²) in [4.78, 5) is 16.8. The minimum Gasteiger partial charge on any atom is -0.480 e. The highest BCUT2D eigenvalue weighted by Gasteiger charge is 2.39. The van der Waals surface area contributed by atoms with E-state index in [4.69, 9.17) is 16.3 Å². The number of ether oxygens (including phenoxy) is 1. The van der Waals surface area contributed by atoms with Crippen molar-refractivity contribution in [3.05, 3.63) is 28.8 Å². The first-order chi connectivity index (χ1) is 9.95. The molecule has 3 atom stereocenters. The standard InChI is InChI=1S/C16H21ClN2O2/c1-10-8-19(9-13(10)18(2)3)16(20)15-7-11-6-12(17)4-5-14(11)21-15/h4-6,10,13,15H,7-9H2,1-3H3/t10-,13-,15-/m1/s1. The Morgan fingerprint density at radius 1 is 1.38 bits per heavy atom. The normalized spacial score (nSPS) is 27.9. The molecule has 0 bridgehead atoms. The maximum Gasteiger partial charge on any atom is 0.264 e. The summed E-state index contributed by atoms with van der Waals surface area (Å²) in [7, 11) is 4.14. The largest absolute Gasteiger partial charge is 0.480 e. The molecule has 0 radical (unpaired) electrons. The zero-order valence-corrected chi connectivity index (χ0v) is 13.4. The number of carbonyl (C=O) groups is 1. The van der Waals surface area contributed by atoms with Crippen molar-refractivity contribution in [1.82, 2.24) is 9.80 Å². The Morgan fingerprint density at radius 2 is 2.14 bits per heavy atom. The predicted molar refractivity (Wildman–Crippen MR) is 82.8 cm³/mol. The molecule has 1 fully saturated rings. The van der Waals surface area contributed by atoms with E-state index in [-0.39, 0.29) is 5.91 Å². The Morgan fingerprint density at radius 3 is 2.81 bits per heavy atom. The van der Waals surface area contributed by atoms with Crippen molar-refractivity contribution >= 4 is 17.5 Å². The summed E-state index contributed by atoms with van der Waals surface area (Å²) in [6.07, 6.45) is 0.221. The molecular weight excluding hydrogens is 288 g/mol. The Balaban J connectivity index is 1.68. The fraction of sp³-hybridized carbons (Fsp3) is 0.562. The van der Waals surface area contributed by atoms with Gasteiger partial charge in [-0.1, -0.05) is 18.5 Å². The van der Waals surface area contributed by atoms with Crippen molar-refractivity contribution in [2.75, 3.05) is 27.2 Å². The number of hydrogen-bond acceptors (Lipinski definition) is 3. The van der Waals surface area contributed by atoms with Gasteiger partial charge in [-0.15, -0.1) is 0 Å². The van der Waals surface area contributed by atoms with Gasteiger partial charge in [-0.25, -0.2) is 0 Å². The van der Waals surface area contributed by atoms with E-state index in [1.165, 1.54) is 0 Å². The molecule has 0 saturated carbocycles. The molecule has 2 heterocycles. The van der Waals surface area contributed by atoms with E-state index >= 15 is 0 Å². The van der Waals surface area contributed by atoms with Gasteiger partial charge in [0.2, 0.25) is 0 Å². The topological polar surface area (TPSA) is 32.8 Å². The van der Waals surface area contributed by atoms with Crippen LogP contribution in [0.5, 0.6) is 5.75 Å². The van der Waals surface area contributed by atoms with Gasteiger partial charge in [-0.3, -0.25) is 4.79 Å². The van der Waals surface area contributed by atoms with Gasteiger partial charge < -0.3 is 14.5 Å². The molecule has 21 heavy (non-hydrogen) atoms. The van der Waals surface area contributed by atoms with E-state index in [1.807, 2.05) is 17.0 Å². The highest BCUT2D eigenvalue weighted by atomic mass is 35.5. The first-order valence-electron chi connectivity index (χ1n) is 7.36. The average molecular weight is 309 g/mol. The average Bonchev–Trinajstić information content (AvgIpc) is 3.00. The molecule has 0 aromatic heterocycles. The van der Waals surface area contributed by atoms with Crippen LogP contribution < -0.4 is 4.74 Å². The number of carbonyl (C=O) groups excluding carboxylic acids is 1. The number of benzene rings is 1. The van der Waals surface area contributed by atoms with E-state index in [0.717, 1.165) is 24.4 Å². The van der Waals surface area contributed by atoms with Gasteiger partial charge in [0.25, 0.3) is 5.91 Å². The highest BCUT2D eigenvalue weighted by Crippen LogP contribution is 2.32. The SMILES string of the molecule is C[C@@H]1CN(C(=O)[C@H]2Cc3cc(Cl)ccc3O2)C[C@H]1N(C)C. The number of rotatable bonds is 2. The summed E-state index contributed by atoms with van der Waals surface area (Å²) in [5.41, 5.74) is 1.03. The van der Waals surface area contributed by atoms with E-state index < -0.39 is 6.10 Å². The van der Waals surface area contributed by atoms with Crippen molar-refractivity contribution in [1.29, 1.82) is 0 Å². The second-order valence-corrected chi connectivity index (χ2v) is 6.75. The minimum absolute atomic E-state index is 0.0959. The second kappa shape index (κ2) is 5.50. The molecule has 0 N–H and O–H groups in total. The fourth-order valence-electron chi connectivity index (χ4n) is 3.36. The third kappa shape index (κ3) is 2.74. The maximum atomic E-state index is 12.7. The van der Waals surface area contributed by atoms with Crippen LogP contribution in [0.3, 0.4) is 0 Å². The Kier molecular flexibility index (Phi) is 3.84. The van der Waals surface area contributed by atoms with Gasteiger partial charge in [-0.2, -0.15) is 0 Å². The van der Waals surface area contributed by atoms with Crippen molar-refractivity contribution in [2.45, 2.75) is 25.5 Å². The van der Waals surface area contributed by atoms with Crippen LogP contribution in [0.15, 0.2) is 18.2 Å². The fourth-order valence-corrected chi connectivity index (χ4v) is 3.56. The van der Waals surface area contributed by atoms with Crippen LogP contribution in [0.25, 0.3) is 0 Å². The van der Waals surface area contributed by atoms with Gasteiger partial charge in [0, 0.05) is 30.6 Å². The third-order valence-corrected chi connectivity index (χ3v) is 4.76. The number of fused-ring (bicyclic) bond motifs is 1. The zero-order chi connectivity index (χ0) is 15.1. The van der Waals surface area contributed by atoms with Crippen LogP contribution in [0.2, 0.25) is 5.02 Å². The number of amides is 1. The lowest BCUT2D eigenvalue weighted by molar-refractivity contribution is -0.137. The first kappa shape index (κ1) is 14.7. The van der Waals surface area contributed by atoms with Gasteiger partial charge in [-0.05, 0) is 43.8 Å². The van der Waals surface area contributed by atoms with Crippen LogP contribution in [0, 0.1) is 5.92 Å². The maximum absolute atomic E-state index is 12.7. The molecule has 114 valence electrons. The Hall–Kier alpha value is -1.26. The molecule has 2 aliphatic heterocycles. The van der Waals surface area contributed by atoms with Crippen LogP contribution in [-0.4, -0.2) is 55.0 Å². The number of likely N-dealkylation sites (N-methyl/N-ethyl adjacent to an activating group) is 1. The van der Waals surface area contributed by atoms with E-state index in [9.17, 15) is 4.79 Å². The predicted octanol–water partition coefficient (Wildman–Crippen LogP) is 2.05. The van der Waals surface area contributed by atoms with Crippen LogP contribution >= 0.6 is 11.6 Å². The molecular formula is C16H21ClN2O2. The van der Waals surface area contributed by atoms with Crippen molar-refractivity contribution in [3.8, 4) is 5.75 Å². The molecule has 0 aliphatic carbocycles. The summed E-state index contributed by atoms with van der Waals surface area (Å²) in [6.45, 7) is 3.78. The number of halogens is 1. The van der Waals surface area contributed by atoms with Gasteiger partial charge in [0.1, 0.15) is 5.75 Å². The van der Waals surface area contributed by atoms with Gasteiger partial charge in [0.15, 0.2) is 6.10 Å². The molecule has 1 amide bonds. The molecule has 4 nitrogen and oxygen atoms in total. The Bertz CT molecular complexity index is 561. The minimum atomic E-state index is -0.397. The monoisotopic (exact) mass is 308 g/mol. The summed E-state index contributed by atoms with van der Waals surface area (Å²) in [5.74, 6) is 1.37. The van der Waals surface area contributed by atoms with Crippen LogP contribution in [0.4, 0.5) is 0 Å². The molecule has 0 unspecified atom stereocenters. The highest BCUT2D eigenvalue weighted by molar-refractivity contribution is 6.30. The molecule has 1 aromatic carbocycles. The quantitative estimate of drug-likeness (QED) is 0.838. The van der Waals surface area contributed by atoms with E-state index in [1.54, 1.807) is 6.07 Å². The number of hydrogen-bond donors (Lipinski definition) is 0. The lowest BCUT2D eigenvalue weighted by atomic mass is 10.1. The summed E-state index contributed by atoms with van der Waals surface area (Å²) in [5, 5.41) is 0.688. The molecule has 1 saturated heterocycles. The number of likely N-dealkylation sites (tertiary alicyclic amines) is 1. The second-order valence-electron chi connectivity index (χ2n) is 6.31. The third-order valence-electron chi connectivity index (χ3n) is 4.52. The summed E-state index contributed by atoms with van der Waals surface area (Å²) < 4.78 is 5.80. The molecule has 2 aliphatic rings. The first-order valence-corrected chi connectivity index (χ1v) is 7.74. The number of nitrogens with zero attached hydrogens (tertiary/aromatic N) is 2. The summed E-state index contributed by atoms with van der Waals surface area (Å²) >= 11 is 5.99. The molecule has 0 spiro atoms. The van der Waals surface area contributed by atoms with Gasteiger partial charge in [0.05, 0.1) is 0 Å². The summed E-state index contributed by atoms with van der Waals surface area (Å²) in [6, 6.07) is 5.96. The molecule has 3 rings (SSSR count). The van der Waals surface area contributed by atoms with Gasteiger partial charge >= 0.3 is 0 Å². The smallest absolute Gasteiger partial charge is 0.264 e. The van der Waals surface area contributed by atoms with Crippen LogP contribution in [-0.2, 0) is 11.2 Å². The zero-order valence-electron chi connectivity index (χ0n) is 12.7. The molecule has 1 aromatic rings.